The smallest absolute Gasteiger partial charge is 0.0743 e. The van der Waals surface area contributed by atoms with Gasteiger partial charge in [-0.3, -0.25) is 0 Å². The summed E-state index contributed by atoms with van der Waals surface area (Å²) in [4.78, 5) is 0. The van der Waals surface area contributed by atoms with E-state index in [1.54, 1.807) is 0 Å². The van der Waals surface area contributed by atoms with Crippen molar-refractivity contribution in [2.45, 2.75) is 39.2 Å². The van der Waals surface area contributed by atoms with Gasteiger partial charge in [-0.05, 0) is 25.8 Å². The molecule has 3 N–H and O–H groups in total. The minimum absolute atomic E-state index is 0.197. The molecule has 0 amide bonds. The Bertz CT molecular complexity index is 126. The lowest BCUT2D eigenvalue weighted by molar-refractivity contribution is 0.0486. The number of nitrogens with one attached hydrogen (secondary N) is 1. The van der Waals surface area contributed by atoms with Crippen LogP contribution in [0.25, 0.3) is 0 Å². The lowest BCUT2D eigenvalue weighted by atomic mass is 10.0. The van der Waals surface area contributed by atoms with Gasteiger partial charge in [-0.25, -0.2) is 0 Å². The second-order valence-corrected chi connectivity index (χ2v) is 4.17. The molecule has 3 nitrogen and oxygen atoms in total. The van der Waals surface area contributed by atoms with E-state index in [1.165, 1.54) is 0 Å². The topological polar surface area (TPSA) is 52.5 Å². The van der Waals surface area contributed by atoms with Gasteiger partial charge in [0.2, 0.25) is 0 Å². The maximum absolute atomic E-state index is 9.78. The minimum atomic E-state index is -0.607. The van der Waals surface area contributed by atoms with E-state index >= 15 is 0 Å². The molecule has 0 rings (SSSR count). The molecule has 0 saturated carbocycles. The largest absolute Gasteiger partial charge is 0.396 e. The average molecular weight is 189 g/mol. The molecule has 0 aromatic heterocycles. The Morgan fingerprint density at radius 2 is 2.08 bits per heavy atom. The molecule has 80 valence electrons. The van der Waals surface area contributed by atoms with Gasteiger partial charge in [0, 0.05) is 13.2 Å². The summed E-state index contributed by atoms with van der Waals surface area (Å²) in [5.74, 6) is 0.262. The van der Waals surface area contributed by atoms with Gasteiger partial charge in [-0.15, -0.1) is 0 Å². The monoisotopic (exact) mass is 189 g/mol. The van der Waals surface area contributed by atoms with E-state index in [4.69, 9.17) is 5.11 Å². The SMILES string of the molecule is CCCC(C)(O)CNCC(C)CO. The summed E-state index contributed by atoms with van der Waals surface area (Å²) in [5, 5.41) is 21.7. The van der Waals surface area contributed by atoms with Crippen LogP contribution in [0.5, 0.6) is 0 Å². The number of aliphatic hydroxyl groups excluding tert-OH is 1. The Labute approximate surface area is 81.2 Å². The van der Waals surface area contributed by atoms with Crippen LogP contribution in [-0.2, 0) is 0 Å². The molecule has 0 aliphatic heterocycles. The fourth-order valence-electron chi connectivity index (χ4n) is 1.28. The van der Waals surface area contributed by atoms with E-state index in [1.807, 2.05) is 13.8 Å². The third-order valence-corrected chi connectivity index (χ3v) is 2.10. The number of hydrogen-bond acceptors (Lipinski definition) is 3. The predicted molar refractivity (Wildman–Crippen MR) is 54.7 cm³/mol. The van der Waals surface area contributed by atoms with Crippen molar-refractivity contribution in [3.8, 4) is 0 Å². The summed E-state index contributed by atoms with van der Waals surface area (Å²) in [5.41, 5.74) is -0.607. The van der Waals surface area contributed by atoms with Gasteiger partial charge in [-0.2, -0.15) is 0 Å². The molecule has 0 heterocycles. The van der Waals surface area contributed by atoms with Gasteiger partial charge < -0.3 is 15.5 Å². The van der Waals surface area contributed by atoms with Gasteiger partial charge in [0.15, 0.2) is 0 Å². The fourth-order valence-corrected chi connectivity index (χ4v) is 1.28. The van der Waals surface area contributed by atoms with Crippen LogP contribution in [0.1, 0.15) is 33.6 Å². The number of hydrogen-bond donors (Lipinski definition) is 3. The van der Waals surface area contributed by atoms with Crippen LogP contribution < -0.4 is 5.32 Å². The Morgan fingerprint density at radius 1 is 1.46 bits per heavy atom. The zero-order chi connectivity index (χ0) is 10.3. The highest BCUT2D eigenvalue weighted by Gasteiger charge is 2.18. The van der Waals surface area contributed by atoms with E-state index in [0.29, 0.717) is 6.54 Å². The van der Waals surface area contributed by atoms with Crippen LogP contribution in [0, 0.1) is 5.92 Å². The molecule has 13 heavy (non-hydrogen) atoms. The Hall–Kier alpha value is -0.120. The predicted octanol–water partition coefficient (Wildman–Crippen LogP) is 0.756. The molecular weight excluding hydrogens is 166 g/mol. The summed E-state index contributed by atoms with van der Waals surface area (Å²) < 4.78 is 0. The maximum Gasteiger partial charge on any atom is 0.0743 e. The van der Waals surface area contributed by atoms with Crippen LogP contribution >= 0.6 is 0 Å². The Morgan fingerprint density at radius 3 is 2.54 bits per heavy atom. The van der Waals surface area contributed by atoms with Crippen molar-refractivity contribution >= 4 is 0 Å². The molecular formula is C10H23NO2. The molecule has 0 saturated heterocycles. The molecule has 0 aliphatic carbocycles. The quantitative estimate of drug-likeness (QED) is 0.554. The van der Waals surface area contributed by atoms with E-state index in [0.717, 1.165) is 19.4 Å². The van der Waals surface area contributed by atoms with Gasteiger partial charge in [-0.1, -0.05) is 20.3 Å². The van der Waals surface area contributed by atoms with Gasteiger partial charge in [0.1, 0.15) is 0 Å². The summed E-state index contributed by atoms with van der Waals surface area (Å²) in [6, 6.07) is 0. The summed E-state index contributed by atoms with van der Waals surface area (Å²) in [6.07, 6.45) is 1.80. The van der Waals surface area contributed by atoms with Crippen LogP contribution in [0.4, 0.5) is 0 Å². The summed E-state index contributed by atoms with van der Waals surface area (Å²) >= 11 is 0. The third kappa shape index (κ3) is 6.99. The second kappa shape index (κ2) is 6.35. The van der Waals surface area contributed by atoms with Crippen LogP contribution in [0.2, 0.25) is 0 Å². The van der Waals surface area contributed by atoms with E-state index < -0.39 is 5.60 Å². The van der Waals surface area contributed by atoms with Crippen molar-refractivity contribution in [1.29, 1.82) is 0 Å². The molecule has 2 atom stereocenters. The fraction of sp³-hybridized carbons (Fsp3) is 1.00. The highest BCUT2D eigenvalue weighted by atomic mass is 16.3. The van der Waals surface area contributed by atoms with E-state index in [2.05, 4.69) is 12.2 Å². The first-order valence-electron chi connectivity index (χ1n) is 5.06. The van der Waals surface area contributed by atoms with Crippen LogP contribution in [-0.4, -0.2) is 35.5 Å². The lowest BCUT2D eigenvalue weighted by Crippen LogP contribution is -2.39. The summed E-state index contributed by atoms with van der Waals surface area (Å²) in [6.45, 7) is 7.43. The van der Waals surface area contributed by atoms with Crippen molar-refractivity contribution in [1.82, 2.24) is 5.32 Å². The average Bonchev–Trinajstić information content (AvgIpc) is 2.03. The molecule has 0 radical (unpaired) electrons. The summed E-state index contributed by atoms with van der Waals surface area (Å²) in [7, 11) is 0. The van der Waals surface area contributed by atoms with Crippen LogP contribution in [0.3, 0.4) is 0 Å². The van der Waals surface area contributed by atoms with Crippen LogP contribution in [0.15, 0.2) is 0 Å². The Kier molecular flexibility index (Phi) is 6.29. The zero-order valence-corrected chi connectivity index (χ0v) is 9.01. The van der Waals surface area contributed by atoms with Gasteiger partial charge >= 0.3 is 0 Å². The molecule has 3 heteroatoms. The highest BCUT2D eigenvalue weighted by molar-refractivity contribution is 4.74. The number of rotatable bonds is 7. The standard InChI is InChI=1S/C10H23NO2/c1-4-5-10(3,13)8-11-6-9(2)7-12/h9,11-13H,4-8H2,1-3H3. The zero-order valence-electron chi connectivity index (χ0n) is 9.01. The molecule has 0 aromatic rings. The maximum atomic E-state index is 9.78. The second-order valence-electron chi connectivity index (χ2n) is 4.17. The van der Waals surface area contributed by atoms with Crippen molar-refractivity contribution in [2.24, 2.45) is 5.92 Å². The van der Waals surface area contributed by atoms with Crippen molar-refractivity contribution in [3.05, 3.63) is 0 Å². The molecule has 0 bridgehead atoms. The molecule has 0 fully saturated rings. The normalized spacial score (nSPS) is 18.2. The molecule has 0 aliphatic rings. The van der Waals surface area contributed by atoms with Gasteiger partial charge in [0.05, 0.1) is 5.60 Å². The molecule has 0 aromatic carbocycles. The first-order valence-corrected chi connectivity index (χ1v) is 5.06. The van der Waals surface area contributed by atoms with E-state index in [9.17, 15) is 5.11 Å². The first kappa shape index (κ1) is 12.9. The van der Waals surface area contributed by atoms with Crippen molar-refractivity contribution < 1.29 is 10.2 Å². The first-order chi connectivity index (χ1) is 6.02. The minimum Gasteiger partial charge on any atom is -0.396 e. The highest BCUT2D eigenvalue weighted by Crippen LogP contribution is 2.09. The van der Waals surface area contributed by atoms with Gasteiger partial charge in [0.25, 0.3) is 0 Å². The molecule has 0 spiro atoms. The third-order valence-electron chi connectivity index (χ3n) is 2.10. The van der Waals surface area contributed by atoms with Crippen molar-refractivity contribution in [2.75, 3.05) is 19.7 Å². The molecule has 2 unspecified atom stereocenters. The Balaban J connectivity index is 3.50. The lowest BCUT2D eigenvalue weighted by Gasteiger charge is -2.23. The van der Waals surface area contributed by atoms with E-state index in [-0.39, 0.29) is 12.5 Å². The van der Waals surface area contributed by atoms with Crippen molar-refractivity contribution in [3.63, 3.8) is 0 Å². The number of aliphatic hydroxyl groups is 2.